The second kappa shape index (κ2) is 6.66. The van der Waals surface area contributed by atoms with E-state index in [1.165, 1.54) is 0 Å². The minimum Gasteiger partial charge on any atom is -0.496 e. The molecule has 21 heavy (non-hydrogen) atoms. The van der Waals surface area contributed by atoms with Crippen LogP contribution >= 0.6 is 23.2 Å². The van der Waals surface area contributed by atoms with Crippen LogP contribution in [0.25, 0.3) is 0 Å². The van der Waals surface area contributed by atoms with Crippen LogP contribution in [0.15, 0.2) is 18.2 Å². The van der Waals surface area contributed by atoms with Crippen LogP contribution in [0.1, 0.15) is 23.0 Å². The van der Waals surface area contributed by atoms with Gasteiger partial charge in [-0.2, -0.15) is 5.10 Å². The predicted molar refractivity (Wildman–Crippen MR) is 84.7 cm³/mol. The molecule has 114 valence electrons. The number of nitrogens with two attached hydrogens (primary N) is 1. The Morgan fingerprint density at radius 1 is 1.43 bits per heavy atom. The van der Waals surface area contributed by atoms with Crippen LogP contribution in [0.4, 0.5) is 0 Å². The lowest BCUT2D eigenvalue weighted by molar-refractivity contribution is 0.398. The molecule has 5 nitrogen and oxygen atoms in total. The van der Waals surface area contributed by atoms with Crippen molar-refractivity contribution in [3.8, 4) is 5.75 Å². The Labute approximate surface area is 134 Å². The number of aryl methyl sites for hydroxylation is 2. The Kier molecular flexibility index (Phi) is 5.11. The number of nitrogens with zero attached hydrogens (tertiary/aromatic N) is 2. The Hall–Kier alpha value is -1.27. The maximum Gasteiger partial charge on any atom is 0.125 e. The van der Waals surface area contributed by atoms with Crippen molar-refractivity contribution in [3.63, 3.8) is 0 Å². The standard InChI is InChI=1S/C14H18Cl2N4O/c1-8-14(16)12(20(2)19-8)7-11(18-17)10-5-4-9(15)6-13(10)21-3/h4-6,11,18H,7,17H2,1-3H3. The Morgan fingerprint density at radius 3 is 2.67 bits per heavy atom. The zero-order valence-electron chi connectivity index (χ0n) is 12.2. The van der Waals surface area contributed by atoms with Crippen molar-refractivity contribution in [2.24, 2.45) is 12.9 Å². The van der Waals surface area contributed by atoms with Gasteiger partial charge in [-0.05, 0) is 19.1 Å². The fourth-order valence-corrected chi connectivity index (χ4v) is 2.73. The summed E-state index contributed by atoms with van der Waals surface area (Å²) in [6, 6.07) is 5.30. The Morgan fingerprint density at radius 2 is 2.14 bits per heavy atom. The molecule has 0 spiro atoms. The highest BCUT2D eigenvalue weighted by molar-refractivity contribution is 6.32. The molecule has 0 aliphatic carbocycles. The van der Waals surface area contributed by atoms with Crippen LogP contribution in [0.2, 0.25) is 10.0 Å². The van der Waals surface area contributed by atoms with Gasteiger partial charge in [-0.3, -0.25) is 16.0 Å². The van der Waals surface area contributed by atoms with Crippen molar-refractivity contribution in [1.82, 2.24) is 15.2 Å². The monoisotopic (exact) mass is 328 g/mol. The molecule has 7 heteroatoms. The highest BCUT2D eigenvalue weighted by Gasteiger charge is 2.20. The second-order valence-electron chi connectivity index (χ2n) is 4.78. The first kappa shape index (κ1) is 16.1. The van der Waals surface area contributed by atoms with Gasteiger partial charge in [0, 0.05) is 24.1 Å². The van der Waals surface area contributed by atoms with Crippen LogP contribution in [-0.2, 0) is 13.5 Å². The number of methoxy groups -OCH3 is 1. The summed E-state index contributed by atoms with van der Waals surface area (Å²) >= 11 is 12.3. The SMILES string of the molecule is COc1cc(Cl)ccc1C(Cc1c(Cl)c(C)nn1C)NN. The molecule has 0 amide bonds. The van der Waals surface area contributed by atoms with Crippen LogP contribution in [0.3, 0.4) is 0 Å². The summed E-state index contributed by atoms with van der Waals surface area (Å²) in [5, 5.41) is 5.58. The molecule has 0 radical (unpaired) electrons. The van der Waals surface area contributed by atoms with Gasteiger partial charge in [0.25, 0.3) is 0 Å². The van der Waals surface area contributed by atoms with Gasteiger partial charge in [-0.1, -0.05) is 29.3 Å². The topological polar surface area (TPSA) is 65.1 Å². The maximum absolute atomic E-state index is 6.30. The summed E-state index contributed by atoms with van der Waals surface area (Å²) < 4.78 is 7.15. The molecule has 3 N–H and O–H groups in total. The van der Waals surface area contributed by atoms with Crippen LogP contribution in [-0.4, -0.2) is 16.9 Å². The van der Waals surface area contributed by atoms with Crippen LogP contribution in [0, 0.1) is 6.92 Å². The zero-order valence-corrected chi connectivity index (χ0v) is 13.7. The molecule has 1 unspecified atom stereocenters. The quantitative estimate of drug-likeness (QED) is 0.654. The van der Waals surface area contributed by atoms with Gasteiger partial charge in [-0.25, -0.2) is 0 Å². The molecular weight excluding hydrogens is 311 g/mol. The summed E-state index contributed by atoms with van der Waals surface area (Å²) in [5.74, 6) is 6.39. The molecule has 0 aliphatic rings. The van der Waals surface area contributed by atoms with E-state index in [0.29, 0.717) is 22.2 Å². The fraction of sp³-hybridized carbons (Fsp3) is 0.357. The fourth-order valence-electron chi connectivity index (χ4n) is 2.33. The molecule has 1 atom stereocenters. The van der Waals surface area contributed by atoms with Crippen molar-refractivity contribution in [1.29, 1.82) is 0 Å². The van der Waals surface area contributed by atoms with Crippen molar-refractivity contribution in [2.45, 2.75) is 19.4 Å². The lowest BCUT2D eigenvalue weighted by Crippen LogP contribution is -2.30. The van der Waals surface area contributed by atoms with Gasteiger partial charge < -0.3 is 4.74 Å². The highest BCUT2D eigenvalue weighted by atomic mass is 35.5. The van der Waals surface area contributed by atoms with Gasteiger partial charge in [0.1, 0.15) is 5.75 Å². The normalized spacial score (nSPS) is 12.5. The van der Waals surface area contributed by atoms with Crippen molar-refractivity contribution < 1.29 is 4.74 Å². The average molecular weight is 329 g/mol. The molecule has 0 saturated carbocycles. The number of nitrogens with one attached hydrogen (secondary N) is 1. The van der Waals surface area contributed by atoms with Gasteiger partial charge in [0.2, 0.25) is 0 Å². The Balaban J connectivity index is 2.36. The van der Waals surface area contributed by atoms with Crippen molar-refractivity contribution in [3.05, 3.63) is 45.2 Å². The van der Waals surface area contributed by atoms with Gasteiger partial charge in [0.15, 0.2) is 0 Å². The molecule has 0 fully saturated rings. The third-order valence-electron chi connectivity index (χ3n) is 3.43. The summed E-state index contributed by atoms with van der Waals surface area (Å²) in [6.45, 7) is 1.87. The molecule has 0 bridgehead atoms. The summed E-state index contributed by atoms with van der Waals surface area (Å²) in [4.78, 5) is 0. The molecule has 0 saturated heterocycles. The lowest BCUT2D eigenvalue weighted by atomic mass is 10.0. The van der Waals surface area contributed by atoms with E-state index in [2.05, 4.69) is 10.5 Å². The number of halogens is 2. The first-order valence-corrected chi connectivity index (χ1v) is 7.21. The maximum atomic E-state index is 6.30. The van der Waals surface area contributed by atoms with Gasteiger partial charge in [-0.15, -0.1) is 0 Å². The highest BCUT2D eigenvalue weighted by Crippen LogP contribution is 2.31. The minimum absolute atomic E-state index is 0.162. The zero-order chi connectivity index (χ0) is 15.6. The number of hydrogen-bond donors (Lipinski definition) is 2. The molecule has 1 aromatic heterocycles. The van der Waals surface area contributed by atoms with Gasteiger partial charge >= 0.3 is 0 Å². The summed E-state index contributed by atoms with van der Waals surface area (Å²) in [6.07, 6.45) is 0.588. The lowest BCUT2D eigenvalue weighted by Gasteiger charge is -2.19. The van der Waals surface area contributed by atoms with E-state index >= 15 is 0 Å². The van der Waals surface area contributed by atoms with Crippen LogP contribution in [0.5, 0.6) is 5.75 Å². The number of hydrogen-bond acceptors (Lipinski definition) is 4. The Bertz CT molecular complexity index is 642. The number of rotatable bonds is 5. The van der Waals surface area contributed by atoms with E-state index in [1.807, 2.05) is 20.0 Å². The summed E-state index contributed by atoms with van der Waals surface area (Å²) in [5.41, 5.74) is 5.43. The molecule has 2 aromatic rings. The third kappa shape index (κ3) is 3.32. The average Bonchev–Trinajstić information content (AvgIpc) is 2.70. The third-order valence-corrected chi connectivity index (χ3v) is 4.16. The molecule has 1 heterocycles. The first-order chi connectivity index (χ1) is 9.97. The van der Waals surface area contributed by atoms with E-state index in [4.69, 9.17) is 33.8 Å². The van der Waals surface area contributed by atoms with E-state index in [-0.39, 0.29) is 6.04 Å². The van der Waals surface area contributed by atoms with E-state index < -0.39 is 0 Å². The molecule has 0 aliphatic heterocycles. The largest absolute Gasteiger partial charge is 0.496 e. The van der Waals surface area contributed by atoms with E-state index in [0.717, 1.165) is 17.0 Å². The smallest absolute Gasteiger partial charge is 0.125 e. The number of hydrazine groups is 1. The molecular formula is C14H18Cl2N4O. The number of benzene rings is 1. The van der Waals surface area contributed by atoms with E-state index in [9.17, 15) is 0 Å². The minimum atomic E-state index is -0.162. The van der Waals surface area contributed by atoms with Crippen molar-refractivity contribution >= 4 is 23.2 Å². The van der Waals surface area contributed by atoms with Gasteiger partial charge in [0.05, 0.1) is 29.6 Å². The number of aromatic nitrogens is 2. The predicted octanol–water partition coefficient (Wildman–Crippen LogP) is 2.79. The molecule has 1 aromatic carbocycles. The molecule has 2 rings (SSSR count). The summed E-state index contributed by atoms with van der Waals surface area (Å²) in [7, 11) is 3.46. The van der Waals surface area contributed by atoms with Crippen LogP contribution < -0.4 is 16.0 Å². The van der Waals surface area contributed by atoms with E-state index in [1.54, 1.807) is 23.9 Å². The van der Waals surface area contributed by atoms with Crippen molar-refractivity contribution in [2.75, 3.05) is 7.11 Å². The second-order valence-corrected chi connectivity index (χ2v) is 5.59. The number of ether oxygens (including phenoxy) is 1. The first-order valence-electron chi connectivity index (χ1n) is 6.45.